The van der Waals surface area contributed by atoms with Gasteiger partial charge in [-0.15, -0.1) is 10.2 Å². The van der Waals surface area contributed by atoms with E-state index in [0.717, 1.165) is 17.6 Å². The molecule has 0 amide bonds. The molecule has 2 aromatic rings. The summed E-state index contributed by atoms with van der Waals surface area (Å²) in [5.74, 6) is 0.989. The second kappa shape index (κ2) is 4.57. The number of rotatable bonds is 3. The third-order valence-corrected chi connectivity index (χ3v) is 5.92. The summed E-state index contributed by atoms with van der Waals surface area (Å²) >= 11 is 0. The van der Waals surface area contributed by atoms with Crippen molar-refractivity contribution in [3.63, 3.8) is 0 Å². The molecule has 1 unspecified atom stereocenters. The van der Waals surface area contributed by atoms with E-state index in [9.17, 15) is 8.42 Å². The highest BCUT2D eigenvalue weighted by molar-refractivity contribution is 7.92. The molecule has 0 radical (unpaired) electrons. The first-order chi connectivity index (χ1) is 9.10. The lowest BCUT2D eigenvalue weighted by atomic mass is 10.2. The average Bonchev–Trinajstić information content (AvgIpc) is 2.94. The summed E-state index contributed by atoms with van der Waals surface area (Å²) in [6, 6.07) is 3.75. The second-order valence-corrected chi connectivity index (χ2v) is 7.32. The monoisotopic (exact) mass is 280 g/mol. The van der Waals surface area contributed by atoms with Crippen LogP contribution in [0, 0.1) is 0 Å². The van der Waals surface area contributed by atoms with Crippen molar-refractivity contribution < 1.29 is 8.42 Å². The van der Waals surface area contributed by atoms with Crippen molar-refractivity contribution >= 4 is 15.5 Å². The normalized spacial score (nSPS) is 22.1. The maximum Gasteiger partial charge on any atom is 0.160 e. The van der Waals surface area contributed by atoms with Crippen molar-refractivity contribution in [2.24, 2.45) is 5.73 Å². The van der Waals surface area contributed by atoms with Gasteiger partial charge < -0.3 is 5.73 Å². The summed E-state index contributed by atoms with van der Waals surface area (Å²) in [6.07, 6.45) is 3.77. The zero-order chi connectivity index (χ0) is 13.5. The Bertz CT molecular complexity index is 708. The Morgan fingerprint density at radius 1 is 1.37 bits per heavy atom. The van der Waals surface area contributed by atoms with Gasteiger partial charge in [-0.1, -0.05) is 6.07 Å². The lowest BCUT2D eigenvalue weighted by Crippen LogP contribution is -2.20. The van der Waals surface area contributed by atoms with Crippen molar-refractivity contribution in [2.45, 2.75) is 31.1 Å². The molecule has 0 spiro atoms. The van der Waals surface area contributed by atoms with Crippen molar-refractivity contribution in [1.29, 1.82) is 0 Å². The summed E-state index contributed by atoms with van der Waals surface area (Å²) in [6.45, 7) is 0.440. The van der Waals surface area contributed by atoms with E-state index in [-0.39, 0.29) is 5.25 Å². The first-order valence-electron chi connectivity index (χ1n) is 6.34. The molecule has 7 heteroatoms. The van der Waals surface area contributed by atoms with E-state index in [4.69, 9.17) is 5.73 Å². The molecule has 1 fully saturated rings. The zero-order valence-corrected chi connectivity index (χ0v) is 11.3. The van der Waals surface area contributed by atoms with Gasteiger partial charge in [0.25, 0.3) is 0 Å². The van der Waals surface area contributed by atoms with E-state index in [2.05, 4.69) is 10.2 Å². The van der Waals surface area contributed by atoms with Gasteiger partial charge in [0, 0.05) is 19.2 Å². The molecule has 1 aliphatic heterocycles. The predicted molar refractivity (Wildman–Crippen MR) is 71.4 cm³/mol. The maximum atomic E-state index is 11.9. The summed E-state index contributed by atoms with van der Waals surface area (Å²) in [7, 11) is -2.95. The van der Waals surface area contributed by atoms with Gasteiger partial charge in [-0.2, -0.15) is 0 Å². The number of aromatic nitrogens is 3. The van der Waals surface area contributed by atoms with Gasteiger partial charge in [0.1, 0.15) is 5.82 Å². The number of sulfone groups is 1. The van der Waals surface area contributed by atoms with Crippen molar-refractivity contribution in [1.82, 2.24) is 14.6 Å². The minimum Gasteiger partial charge on any atom is -0.326 e. The number of nitrogens with zero attached hydrogens (tertiary/aromatic N) is 3. The van der Waals surface area contributed by atoms with E-state index < -0.39 is 9.84 Å². The Labute approximate surface area is 111 Å². The smallest absolute Gasteiger partial charge is 0.160 e. The molecule has 1 aliphatic rings. The van der Waals surface area contributed by atoms with Crippen LogP contribution in [0.3, 0.4) is 0 Å². The van der Waals surface area contributed by atoms with Crippen LogP contribution >= 0.6 is 0 Å². The maximum absolute atomic E-state index is 11.9. The van der Waals surface area contributed by atoms with E-state index in [0.29, 0.717) is 31.0 Å². The van der Waals surface area contributed by atoms with Gasteiger partial charge in [0.2, 0.25) is 0 Å². The summed E-state index contributed by atoms with van der Waals surface area (Å²) < 4.78 is 25.6. The van der Waals surface area contributed by atoms with Gasteiger partial charge in [-0.25, -0.2) is 8.42 Å². The molecule has 3 heterocycles. The molecular weight excluding hydrogens is 264 g/mol. The first-order valence-corrected chi connectivity index (χ1v) is 8.06. The highest BCUT2D eigenvalue weighted by atomic mass is 32.2. The van der Waals surface area contributed by atoms with E-state index in [1.54, 1.807) is 0 Å². The number of hydrogen-bond donors (Lipinski definition) is 1. The van der Waals surface area contributed by atoms with Crippen LogP contribution in [0.15, 0.2) is 18.3 Å². The Hall–Kier alpha value is -1.47. The largest absolute Gasteiger partial charge is 0.326 e. The fourth-order valence-corrected chi connectivity index (χ4v) is 4.36. The number of nitrogens with two attached hydrogens (primary N) is 1. The van der Waals surface area contributed by atoms with E-state index in [1.165, 1.54) is 0 Å². The molecule has 1 saturated heterocycles. The van der Waals surface area contributed by atoms with Crippen LogP contribution in [0.25, 0.3) is 5.65 Å². The van der Waals surface area contributed by atoms with Crippen molar-refractivity contribution in [3.05, 3.63) is 29.7 Å². The highest BCUT2D eigenvalue weighted by Crippen LogP contribution is 2.23. The standard InChI is InChI=1S/C12H16N4O2S/c13-7-9-3-4-11-14-15-12(16(11)8-9)6-10-2-1-5-19(10,17)18/h3-4,8,10H,1-2,5-7,13H2. The molecule has 3 rings (SSSR count). The average molecular weight is 280 g/mol. The molecule has 0 bridgehead atoms. The Morgan fingerprint density at radius 3 is 2.89 bits per heavy atom. The molecular formula is C12H16N4O2S. The molecule has 2 aromatic heterocycles. The van der Waals surface area contributed by atoms with Crippen LogP contribution in [-0.2, 0) is 22.8 Å². The van der Waals surface area contributed by atoms with Gasteiger partial charge in [0.15, 0.2) is 15.5 Å². The molecule has 0 aromatic carbocycles. The molecule has 2 N–H and O–H groups in total. The van der Waals surface area contributed by atoms with Gasteiger partial charge in [-0.3, -0.25) is 4.40 Å². The number of fused-ring (bicyclic) bond motifs is 1. The molecule has 6 nitrogen and oxygen atoms in total. The molecule has 0 saturated carbocycles. The lowest BCUT2D eigenvalue weighted by molar-refractivity contribution is 0.585. The third kappa shape index (κ3) is 2.23. The lowest BCUT2D eigenvalue weighted by Gasteiger charge is -2.08. The van der Waals surface area contributed by atoms with Crippen LogP contribution in [0.4, 0.5) is 0 Å². The summed E-state index contributed by atoms with van der Waals surface area (Å²) in [5.41, 5.74) is 7.32. The van der Waals surface area contributed by atoms with Crippen molar-refractivity contribution in [2.75, 3.05) is 5.75 Å². The quantitative estimate of drug-likeness (QED) is 0.873. The van der Waals surface area contributed by atoms with Crippen LogP contribution in [0.1, 0.15) is 24.2 Å². The zero-order valence-electron chi connectivity index (χ0n) is 10.5. The fraction of sp³-hybridized carbons (Fsp3) is 0.500. The highest BCUT2D eigenvalue weighted by Gasteiger charge is 2.32. The molecule has 0 aliphatic carbocycles. The van der Waals surface area contributed by atoms with E-state index >= 15 is 0 Å². The molecule has 1 atom stereocenters. The third-order valence-electron chi connectivity index (χ3n) is 3.64. The summed E-state index contributed by atoms with van der Waals surface area (Å²) in [4.78, 5) is 0. The van der Waals surface area contributed by atoms with Gasteiger partial charge in [-0.05, 0) is 24.5 Å². The minimum atomic E-state index is -2.95. The number of hydrogen-bond acceptors (Lipinski definition) is 5. The Kier molecular flexibility index (Phi) is 3.02. The van der Waals surface area contributed by atoms with Crippen molar-refractivity contribution in [3.8, 4) is 0 Å². The fourth-order valence-electron chi connectivity index (χ4n) is 2.53. The number of pyridine rings is 1. The predicted octanol–water partition coefficient (Wildman–Crippen LogP) is 0.308. The Balaban J connectivity index is 1.97. The minimum absolute atomic E-state index is 0.294. The van der Waals surface area contributed by atoms with Gasteiger partial charge in [0.05, 0.1) is 11.0 Å². The van der Waals surface area contributed by atoms with Crippen LogP contribution in [0.2, 0.25) is 0 Å². The van der Waals surface area contributed by atoms with E-state index in [1.807, 2.05) is 22.7 Å². The molecule has 102 valence electrons. The Morgan fingerprint density at radius 2 is 2.21 bits per heavy atom. The summed E-state index contributed by atoms with van der Waals surface area (Å²) in [5, 5.41) is 7.85. The second-order valence-electron chi connectivity index (χ2n) is 4.92. The van der Waals surface area contributed by atoms with Crippen LogP contribution in [-0.4, -0.2) is 34.0 Å². The first kappa shape index (κ1) is 12.6. The topological polar surface area (TPSA) is 90.3 Å². The molecule has 19 heavy (non-hydrogen) atoms. The van der Waals surface area contributed by atoms with Crippen LogP contribution in [0.5, 0.6) is 0 Å². The SMILES string of the molecule is NCc1ccc2nnc(CC3CCCS3(=O)=O)n2c1. The van der Waals surface area contributed by atoms with Gasteiger partial charge >= 0.3 is 0 Å². The van der Waals surface area contributed by atoms with Crippen LogP contribution < -0.4 is 5.73 Å².